The first-order valence-electron chi connectivity index (χ1n) is 6.44. The zero-order valence-electron chi connectivity index (χ0n) is 11.7. The van der Waals surface area contributed by atoms with E-state index in [0.29, 0.717) is 6.54 Å². The van der Waals surface area contributed by atoms with Gasteiger partial charge in [0.25, 0.3) is 0 Å². The number of aromatic nitrogens is 4. The molecule has 19 heavy (non-hydrogen) atoms. The summed E-state index contributed by atoms with van der Waals surface area (Å²) in [6.07, 6.45) is 6.40. The van der Waals surface area contributed by atoms with Crippen molar-refractivity contribution in [2.45, 2.75) is 19.9 Å². The largest absolute Gasteiger partial charge is 0.370 e. The van der Waals surface area contributed by atoms with Crippen LogP contribution in [0, 0.1) is 0 Å². The van der Waals surface area contributed by atoms with Crippen LogP contribution in [0.15, 0.2) is 24.8 Å². The molecule has 0 fully saturated rings. The van der Waals surface area contributed by atoms with Gasteiger partial charge in [0, 0.05) is 39.1 Å². The van der Waals surface area contributed by atoms with Crippen LogP contribution in [0.3, 0.4) is 0 Å². The van der Waals surface area contributed by atoms with Gasteiger partial charge in [0.15, 0.2) is 0 Å². The highest BCUT2D eigenvalue weighted by Crippen LogP contribution is 2.14. The van der Waals surface area contributed by atoms with Gasteiger partial charge in [-0.25, -0.2) is 15.0 Å². The number of anilines is 2. The molecule has 0 unspecified atom stereocenters. The molecule has 0 radical (unpaired) electrons. The number of hydrogen-bond donors (Lipinski definition) is 1. The molecule has 0 spiro atoms. The highest BCUT2D eigenvalue weighted by Gasteiger charge is 2.07. The number of rotatable bonds is 6. The summed E-state index contributed by atoms with van der Waals surface area (Å²) < 4.78 is 2.01. The molecular formula is C13H20N6. The second-order valence-electron chi connectivity index (χ2n) is 4.50. The maximum atomic E-state index is 4.32. The highest BCUT2D eigenvalue weighted by molar-refractivity contribution is 5.47. The van der Waals surface area contributed by atoms with Gasteiger partial charge in [0.1, 0.15) is 23.8 Å². The lowest BCUT2D eigenvalue weighted by Gasteiger charge is -2.18. The normalized spacial score (nSPS) is 10.5. The van der Waals surface area contributed by atoms with Crippen molar-refractivity contribution >= 4 is 11.6 Å². The molecule has 2 aromatic rings. The Bertz CT molecular complexity index is 521. The maximum Gasteiger partial charge on any atom is 0.134 e. The molecule has 102 valence electrons. The van der Waals surface area contributed by atoms with Crippen molar-refractivity contribution in [2.75, 3.05) is 23.8 Å². The summed E-state index contributed by atoms with van der Waals surface area (Å²) in [5.74, 6) is 2.75. The Morgan fingerprint density at radius 3 is 2.84 bits per heavy atom. The molecule has 0 aromatic carbocycles. The Morgan fingerprint density at radius 2 is 2.16 bits per heavy atom. The molecule has 0 aliphatic carbocycles. The quantitative estimate of drug-likeness (QED) is 0.856. The molecule has 2 rings (SSSR count). The molecule has 6 heteroatoms. The predicted octanol–water partition coefficient (Wildman–Crippen LogP) is 1.67. The fourth-order valence-electron chi connectivity index (χ4n) is 1.75. The Morgan fingerprint density at radius 1 is 1.32 bits per heavy atom. The third kappa shape index (κ3) is 3.43. The summed E-state index contributed by atoms with van der Waals surface area (Å²) >= 11 is 0. The number of nitrogens with zero attached hydrogens (tertiary/aromatic N) is 5. The third-order valence-electron chi connectivity index (χ3n) is 2.90. The molecule has 0 bridgehead atoms. The molecule has 0 saturated carbocycles. The van der Waals surface area contributed by atoms with Gasteiger partial charge in [-0.3, -0.25) is 0 Å². The van der Waals surface area contributed by atoms with Crippen LogP contribution < -0.4 is 10.2 Å². The summed E-state index contributed by atoms with van der Waals surface area (Å²) in [7, 11) is 3.99. The third-order valence-corrected chi connectivity index (χ3v) is 2.90. The smallest absolute Gasteiger partial charge is 0.134 e. The van der Waals surface area contributed by atoms with E-state index in [0.717, 1.165) is 30.4 Å². The fraction of sp³-hybridized carbons (Fsp3) is 0.462. The minimum absolute atomic E-state index is 0.716. The summed E-state index contributed by atoms with van der Waals surface area (Å²) in [6.45, 7) is 3.76. The Labute approximate surface area is 113 Å². The lowest BCUT2D eigenvalue weighted by molar-refractivity contribution is 0.754. The lowest BCUT2D eigenvalue weighted by Crippen LogP contribution is -2.20. The van der Waals surface area contributed by atoms with Gasteiger partial charge in [-0.2, -0.15) is 0 Å². The zero-order valence-corrected chi connectivity index (χ0v) is 11.7. The molecule has 0 atom stereocenters. The Balaban J connectivity index is 2.06. The van der Waals surface area contributed by atoms with Gasteiger partial charge in [0.2, 0.25) is 0 Å². The van der Waals surface area contributed by atoms with Crippen LogP contribution in [-0.2, 0) is 13.6 Å². The molecule has 0 saturated heterocycles. The molecule has 6 nitrogen and oxygen atoms in total. The number of nitrogens with one attached hydrogen (secondary N) is 1. The van der Waals surface area contributed by atoms with Gasteiger partial charge in [-0.15, -0.1) is 0 Å². The van der Waals surface area contributed by atoms with Crippen LogP contribution >= 0.6 is 0 Å². The van der Waals surface area contributed by atoms with Crippen LogP contribution in [0.25, 0.3) is 0 Å². The van der Waals surface area contributed by atoms with E-state index in [4.69, 9.17) is 0 Å². The van der Waals surface area contributed by atoms with E-state index in [1.165, 1.54) is 0 Å². The highest BCUT2D eigenvalue weighted by atomic mass is 15.2. The summed E-state index contributed by atoms with van der Waals surface area (Å²) in [5.41, 5.74) is 0. The molecule has 0 amide bonds. The van der Waals surface area contributed by atoms with Crippen LogP contribution in [-0.4, -0.2) is 33.1 Å². The number of imidazole rings is 1. The molecule has 2 aromatic heterocycles. The zero-order chi connectivity index (χ0) is 13.7. The Kier molecular flexibility index (Phi) is 4.33. The van der Waals surface area contributed by atoms with Gasteiger partial charge < -0.3 is 14.8 Å². The van der Waals surface area contributed by atoms with E-state index in [-0.39, 0.29) is 0 Å². The van der Waals surface area contributed by atoms with Gasteiger partial charge in [0.05, 0.1) is 6.54 Å². The molecule has 0 aliphatic rings. The van der Waals surface area contributed by atoms with E-state index in [1.54, 1.807) is 12.5 Å². The number of hydrogen-bond acceptors (Lipinski definition) is 5. The van der Waals surface area contributed by atoms with Crippen molar-refractivity contribution < 1.29 is 0 Å². The maximum absolute atomic E-state index is 4.32. The van der Waals surface area contributed by atoms with E-state index in [9.17, 15) is 0 Å². The standard InChI is InChI=1S/C13H20N6/c1-4-5-14-11-8-12(17-10-16-11)19(3)9-13-15-6-7-18(13)2/h6-8,10H,4-5,9H2,1-3H3,(H,14,16,17). The van der Waals surface area contributed by atoms with Crippen LogP contribution in [0.1, 0.15) is 19.2 Å². The van der Waals surface area contributed by atoms with Crippen LogP contribution in [0.5, 0.6) is 0 Å². The van der Waals surface area contributed by atoms with Crippen molar-refractivity contribution in [3.8, 4) is 0 Å². The second-order valence-corrected chi connectivity index (χ2v) is 4.50. The van der Waals surface area contributed by atoms with E-state index in [1.807, 2.05) is 30.9 Å². The average molecular weight is 260 g/mol. The summed E-state index contributed by atoms with van der Waals surface area (Å²) in [5, 5.41) is 3.26. The van der Waals surface area contributed by atoms with Crippen LogP contribution in [0.2, 0.25) is 0 Å². The van der Waals surface area contributed by atoms with Gasteiger partial charge >= 0.3 is 0 Å². The lowest BCUT2D eigenvalue weighted by atomic mass is 10.4. The molecular weight excluding hydrogens is 240 g/mol. The first-order valence-corrected chi connectivity index (χ1v) is 6.44. The SMILES string of the molecule is CCCNc1cc(N(C)Cc2nccn2C)ncn1. The monoisotopic (exact) mass is 260 g/mol. The minimum atomic E-state index is 0.716. The fourth-order valence-corrected chi connectivity index (χ4v) is 1.75. The topological polar surface area (TPSA) is 58.9 Å². The van der Waals surface area contributed by atoms with Crippen molar-refractivity contribution in [2.24, 2.45) is 7.05 Å². The van der Waals surface area contributed by atoms with E-state index >= 15 is 0 Å². The van der Waals surface area contributed by atoms with Gasteiger partial charge in [-0.1, -0.05) is 6.92 Å². The van der Waals surface area contributed by atoms with Crippen molar-refractivity contribution in [3.05, 3.63) is 30.6 Å². The van der Waals surface area contributed by atoms with Crippen molar-refractivity contribution in [1.82, 2.24) is 19.5 Å². The Hall–Kier alpha value is -2.11. The van der Waals surface area contributed by atoms with Crippen LogP contribution in [0.4, 0.5) is 11.6 Å². The van der Waals surface area contributed by atoms with Crippen molar-refractivity contribution in [1.29, 1.82) is 0 Å². The molecule has 0 aliphatic heterocycles. The molecule has 1 N–H and O–H groups in total. The van der Waals surface area contributed by atoms with E-state index in [2.05, 4.69) is 32.1 Å². The van der Waals surface area contributed by atoms with E-state index < -0.39 is 0 Å². The average Bonchev–Trinajstić information content (AvgIpc) is 2.82. The summed E-state index contributed by atoms with van der Waals surface area (Å²) in [6, 6.07) is 1.96. The first-order chi connectivity index (χ1) is 9.20. The summed E-state index contributed by atoms with van der Waals surface area (Å²) in [4.78, 5) is 14.9. The van der Waals surface area contributed by atoms with Gasteiger partial charge in [-0.05, 0) is 6.42 Å². The first kappa shape index (κ1) is 13.3. The number of aryl methyl sites for hydroxylation is 1. The second kappa shape index (κ2) is 6.17. The molecule has 2 heterocycles. The predicted molar refractivity (Wildman–Crippen MR) is 76.1 cm³/mol. The van der Waals surface area contributed by atoms with Crippen molar-refractivity contribution in [3.63, 3.8) is 0 Å². The minimum Gasteiger partial charge on any atom is -0.370 e.